The Morgan fingerprint density at radius 3 is 2.67 bits per heavy atom. The van der Waals surface area contributed by atoms with Crippen LogP contribution in [-0.2, 0) is 0 Å². The molecule has 0 unspecified atom stereocenters. The van der Waals surface area contributed by atoms with Gasteiger partial charge >= 0.3 is 0 Å². The monoisotopic (exact) mass is 287 g/mol. The summed E-state index contributed by atoms with van der Waals surface area (Å²) in [6, 6.07) is 9.56. The first-order valence-corrected chi connectivity index (χ1v) is 7.24. The molecule has 1 aromatic carbocycles. The second-order valence-electron chi connectivity index (χ2n) is 4.81. The van der Waals surface area contributed by atoms with Crippen molar-refractivity contribution in [1.29, 1.82) is 0 Å². The summed E-state index contributed by atoms with van der Waals surface area (Å²) in [6.07, 6.45) is 1.08. The zero-order chi connectivity index (χ0) is 15.1. The zero-order valence-electron chi connectivity index (χ0n) is 12.5. The van der Waals surface area contributed by atoms with Crippen LogP contribution in [-0.4, -0.2) is 30.5 Å². The quantitative estimate of drug-likeness (QED) is 0.767. The molecule has 0 spiro atoms. The minimum absolute atomic E-state index is 0.222. The summed E-state index contributed by atoms with van der Waals surface area (Å²) in [7, 11) is 0. The average molecular weight is 287 g/mol. The molecule has 0 aliphatic rings. The smallest absolute Gasteiger partial charge is 0.289 e. The Balaban J connectivity index is 1.97. The van der Waals surface area contributed by atoms with Crippen molar-refractivity contribution >= 4 is 5.91 Å². The van der Waals surface area contributed by atoms with Crippen LogP contribution in [0.5, 0.6) is 0 Å². The Labute approximate surface area is 124 Å². The highest BCUT2D eigenvalue weighted by atomic mass is 16.4. The molecule has 2 aromatic rings. The number of aryl methyl sites for hydroxylation is 1. The molecule has 1 aromatic heterocycles. The Kier molecular flexibility index (Phi) is 5.51. The zero-order valence-corrected chi connectivity index (χ0v) is 12.5. The molecular formula is C16H21N3O2. The molecule has 2 N–H and O–H groups in total. The second-order valence-corrected chi connectivity index (χ2v) is 4.81. The van der Waals surface area contributed by atoms with E-state index in [0.29, 0.717) is 18.1 Å². The number of hydrogen-bond acceptors (Lipinski definition) is 4. The Morgan fingerprint density at radius 1 is 1.19 bits per heavy atom. The average Bonchev–Trinajstić information content (AvgIpc) is 2.90. The van der Waals surface area contributed by atoms with E-state index in [0.717, 1.165) is 25.1 Å². The topological polar surface area (TPSA) is 67.2 Å². The van der Waals surface area contributed by atoms with Crippen LogP contribution in [0.3, 0.4) is 0 Å². The van der Waals surface area contributed by atoms with Crippen molar-refractivity contribution < 1.29 is 9.21 Å². The Morgan fingerprint density at radius 2 is 1.95 bits per heavy atom. The van der Waals surface area contributed by atoms with Crippen molar-refractivity contribution in [2.45, 2.75) is 20.3 Å². The number of aromatic nitrogens is 1. The Hall–Kier alpha value is -2.14. The lowest BCUT2D eigenvalue weighted by molar-refractivity contribution is 0.0926. The van der Waals surface area contributed by atoms with Crippen molar-refractivity contribution in [2.75, 3.05) is 19.6 Å². The van der Waals surface area contributed by atoms with E-state index in [-0.39, 0.29) is 11.7 Å². The number of rotatable bonds is 7. The molecule has 0 aliphatic carbocycles. The summed E-state index contributed by atoms with van der Waals surface area (Å²) < 4.78 is 5.60. The minimum atomic E-state index is -0.222. The number of benzene rings is 1. The van der Waals surface area contributed by atoms with Gasteiger partial charge < -0.3 is 15.1 Å². The summed E-state index contributed by atoms with van der Waals surface area (Å²) >= 11 is 0. The van der Waals surface area contributed by atoms with E-state index in [1.54, 1.807) is 6.92 Å². The van der Waals surface area contributed by atoms with Crippen LogP contribution in [0.25, 0.3) is 11.5 Å². The fourth-order valence-electron chi connectivity index (χ4n) is 1.96. The number of hydrogen-bond donors (Lipinski definition) is 2. The minimum Gasteiger partial charge on any atom is -0.431 e. The van der Waals surface area contributed by atoms with E-state index in [2.05, 4.69) is 22.5 Å². The molecule has 112 valence electrons. The van der Waals surface area contributed by atoms with Crippen molar-refractivity contribution in [3.63, 3.8) is 0 Å². The normalized spacial score (nSPS) is 10.6. The molecule has 0 fully saturated rings. The molecule has 0 saturated heterocycles. The molecule has 0 atom stereocenters. The Bertz CT molecular complexity index is 578. The maximum absolute atomic E-state index is 12.1. The molecule has 0 saturated carbocycles. The SMILES string of the molecule is CCCNCCNC(=O)c1oc(-c2ccccc2)nc1C. The number of amides is 1. The van der Waals surface area contributed by atoms with Crippen molar-refractivity contribution in [2.24, 2.45) is 0 Å². The molecule has 2 rings (SSSR count). The number of carbonyl (C=O) groups excluding carboxylic acids is 1. The number of carbonyl (C=O) groups is 1. The van der Waals surface area contributed by atoms with E-state index in [4.69, 9.17) is 4.42 Å². The first-order valence-electron chi connectivity index (χ1n) is 7.24. The van der Waals surface area contributed by atoms with Crippen LogP contribution in [0.2, 0.25) is 0 Å². The van der Waals surface area contributed by atoms with E-state index >= 15 is 0 Å². The molecule has 0 aliphatic heterocycles. The summed E-state index contributed by atoms with van der Waals surface area (Å²) in [5, 5.41) is 6.05. The molecule has 5 nitrogen and oxygen atoms in total. The van der Waals surface area contributed by atoms with Crippen molar-refractivity contribution in [1.82, 2.24) is 15.6 Å². The van der Waals surface area contributed by atoms with Gasteiger partial charge in [0.15, 0.2) is 0 Å². The number of nitrogens with zero attached hydrogens (tertiary/aromatic N) is 1. The molecule has 5 heteroatoms. The van der Waals surface area contributed by atoms with Gasteiger partial charge in [-0.1, -0.05) is 25.1 Å². The van der Waals surface area contributed by atoms with Crippen LogP contribution in [0, 0.1) is 6.92 Å². The van der Waals surface area contributed by atoms with Crippen LogP contribution in [0.15, 0.2) is 34.7 Å². The number of nitrogens with one attached hydrogen (secondary N) is 2. The van der Waals surface area contributed by atoms with Crippen molar-refractivity contribution in [3.8, 4) is 11.5 Å². The third kappa shape index (κ3) is 4.16. The maximum atomic E-state index is 12.1. The van der Waals surface area contributed by atoms with Gasteiger partial charge in [-0.25, -0.2) is 4.98 Å². The number of oxazole rings is 1. The molecule has 0 bridgehead atoms. The lowest BCUT2D eigenvalue weighted by Gasteiger charge is -2.04. The fourth-order valence-corrected chi connectivity index (χ4v) is 1.96. The van der Waals surface area contributed by atoms with Gasteiger partial charge in [0, 0.05) is 18.7 Å². The van der Waals surface area contributed by atoms with Crippen LogP contribution in [0.4, 0.5) is 0 Å². The van der Waals surface area contributed by atoms with Gasteiger partial charge in [-0.15, -0.1) is 0 Å². The first kappa shape index (κ1) is 15.3. The molecule has 21 heavy (non-hydrogen) atoms. The molecule has 1 heterocycles. The molecule has 0 radical (unpaired) electrons. The summed E-state index contributed by atoms with van der Waals surface area (Å²) in [4.78, 5) is 16.4. The second kappa shape index (κ2) is 7.59. The highest BCUT2D eigenvalue weighted by Gasteiger charge is 2.17. The maximum Gasteiger partial charge on any atom is 0.289 e. The predicted molar refractivity (Wildman–Crippen MR) is 82.2 cm³/mol. The third-order valence-corrected chi connectivity index (χ3v) is 3.04. The van der Waals surface area contributed by atoms with Gasteiger partial charge in [0.25, 0.3) is 5.91 Å². The largest absolute Gasteiger partial charge is 0.431 e. The molecular weight excluding hydrogens is 266 g/mol. The standard InChI is InChI=1S/C16H21N3O2/c1-3-9-17-10-11-18-15(20)14-12(2)19-16(21-14)13-7-5-4-6-8-13/h4-8,17H,3,9-11H2,1-2H3,(H,18,20). The van der Waals surface area contributed by atoms with Crippen molar-refractivity contribution in [3.05, 3.63) is 41.8 Å². The van der Waals surface area contributed by atoms with Crippen LogP contribution < -0.4 is 10.6 Å². The molecule has 1 amide bonds. The highest BCUT2D eigenvalue weighted by Crippen LogP contribution is 2.21. The summed E-state index contributed by atoms with van der Waals surface area (Å²) in [5.41, 5.74) is 1.47. The van der Waals surface area contributed by atoms with Gasteiger partial charge in [0.1, 0.15) is 0 Å². The lowest BCUT2D eigenvalue weighted by Crippen LogP contribution is -2.32. The van der Waals surface area contributed by atoms with E-state index in [9.17, 15) is 4.79 Å². The fraction of sp³-hybridized carbons (Fsp3) is 0.375. The van der Waals surface area contributed by atoms with E-state index < -0.39 is 0 Å². The predicted octanol–water partition coefficient (Wildman–Crippen LogP) is 2.38. The van der Waals surface area contributed by atoms with Gasteiger partial charge in [-0.05, 0) is 32.0 Å². The van der Waals surface area contributed by atoms with Crippen LogP contribution in [0.1, 0.15) is 29.6 Å². The van der Waals surface area contributed by atoms with Gasteiger partial charge in [0.05, 0.1) is 5.69 Å². The van der Waals surface area contributed by atoms with Gasteiger partial charge in [-0.2, -0.15) is 0 Å². The summed E-state index contributed by atoms with van der Waals surface area (Å²) in [5.74, 6) is 0.534. The van der Waals surface area contributed by atoms with Crippen LogP contribution >= 0.6 is 0 Å². The third-order valence-electron chi connectivity index (χ3n) is 3.04. The lowest BCUT2D eigenvalue weighted by atomic mass is 10.2. The van der Waals surface area contributed by atoms with E-state index in [1.165, 1.54) is 0 Å². The first-order chi connectivity index (χ1) is 10.2. The van der Waals surface area contributed by atoms with E-state index in [1.807, 2.05) is 30.3 Å². The van der Waals surface area contributed by atoms with Gasteiger partial charge in [-0.3, -0.25) is 4.79 Å². The van der Waals surface area contributed by atoms with Gasteiger partial charge in [0.2, 0.25) is 11.7 Å². The summed E-state index contributed by atoms with van der Waals surface area (Å²) in [6.45, 7) is 6.15. The highest BCUT2D eigenvalue weighted by molar-refractivity contribution is 5.92.